The van der Waals surface area contributed by atoms with Gasteiger partial charge in [0.1, 0.15) is 5.52 Å². The minimum Gasteiger partial charge on any atom is -0.439 e. The molecule has 0 spiro atoms. The van der Waals surface area contributed by atoms with E-state index in [2.05, 4.69) is 24.2 Å². The molecule has 1 heterocycles. The predicted molar refractivity (Wildman–Crippen MR) is 94.2 cm³/mol. The zero-order valence-electron chi connectivity index (χ0n) is 14.2. The number of nitrogens with zero attached hydrogens (tertiary/aromatic N) is 3. The van der Waals surface area contributed by atoms with E-state index in [-0.39, 0.29) is 12.3 Å². The lowest BCUT2D eigenvalue weighted by Gasteiger charge is -2.08. The van der Waals surface area contributed by atoms with E-state index in [0.717, 1.165) is 11.1 Å². The largest absolute Gasteiger partial charge is 0.439 e. The maximum absolute atomic E-state index is 12.3. The van der Waals surface area contributed by atoms with Gasteiger partial charge in [-0.15, -0.1) is 5.10 Å². The summed E-state index contributed by atoms with van der Waals surface area (Å²) in [5.41, 5.74) is 1.78. The molecule has 0 amide bonds. The van der Waals surface area contributed by atoms with Crippen LogP contribution in [-0.2, 0) is 17.9 Å². The van der Waals surface area contributed by atoms with Crippen molar-refractivity contribution in [3.63, 3.8) is 0 Å². The second-order valence-corrected chi connectivity index (χ2v) is 6.27. The van der Waals surface area contributed by atoms with Crippen LogP contribution in [0.5, 0.6) is 0 Å². The molecule has 0 unspecified atom stereocenters. The highest BCUT2D eigenvalue weighted by molar-refractivity contribution is 5.89. The van der Waals surface area contributed by atoms with Crippen LogP contribution in [0.3, 0.4) is 0 Å². The highest BCUT2D eigenvalue weighted by Crippen LogP contribution is 2.11. The highest BCUT2D eigenvalue weighted by Gasteiger charge is 2.10. The molecule has 0 saturated heterocycles. The molecule has 0 saturated carbocycles. The third-order valence-corrected chi connectivity index (χ3v) is 3.78. The van der Waals surface area contributed by atoms with Gasteiger partial charge in [-0.05, 0) is 42.2 Å². The molecule has 128 valence electrons. The van der Waals surface area contributed by atoms with Crippen molar-refractivity contribution in [3.05, 3.63) is 70.0 Å². The molecule has 0 radical (unpaired) electrons. The van der Waals surface area contributed by atoms with Crippen molar-refractivity contribution in [3.8, 4) is 0 Å². The molecule has 3 aromatic rings. The lowest BCUT2D eigenvalue weighted by atomic mass is 10.0. The molecule has 0 fully saturated rings. The van der Waals surface area contributed by atoms with E-state index in [9.17, 15) is 9.59 Å². The molecule has 6 heteroatoms. The number of benzene rings is 2. The van der Waals surface area contributed by atoms with Crippen molar-refractivity contribution in [1.82, 2.24) is 15.0 Å². The lowest BCUT2D eigenvalue weighted by molar-refractivity contribution is 0.0336. The van der Waals surface area contributed by atoms with Crippen LogP contribution >= 0.6 is 0 Å². The Labute approximate surface area is 145 Å². The Kier molecular flexibility index (Phi) is 4.88. The van der Waals surface area contributed by atoms with Gasteiger partial charge in [-0.2, -0.15) is 4.68 Å². The van der Waals surface area contributed by atoms with E-state index < -0.39 is 5.97 Å². The summed E-state index contributed by atoms with van der Waals surface area (Å²) >= 11 is 0. The molecule has 25 heavy (non-hydrogen) atoms. The monoisotopic (exact) mass is 337 g/mol. The van der Waals surface area contributed by atoms with Gasteiger partial charge in [-0.1, -0.05) is 43.3 Å². The summed E-state index contributed by atoms with van der Waals surface area (Å²) in [7, 11) is 0. The Morgan fingerprint density at radius 2 is 1.84 bits per heavy atom. The predicted octanol–water partition coefficient (Wildman–Crippen LogP) is 2.80. The third-order valence-electron chi connectivity index (χ3n) is 3.78. The Bertz CT molecular complexity index is 946. The first kappa shape index (κ1) is 16.8. The number of rotatable bonds is 5. The van der Waals surface area contributed by atoms with E-state index in [4.69, 9.17) is 4.74 Å². The average molecular weight is 337 g/mol. The fourth-order valence-corrected chi connectivity index (χ4v) is 2.56. The fraction of sp³-hybridized carbons (Fsp3) is 0.263. The number of carbonyl (C=O) groups is 1. The second-order valence-electron chi connectivity index (χ2n) is 6.27. The summed E-state index contributed by atoms with van der Waals surface area (Å²) in [6.45, 7) is 4.01. The maximum Gasteiger partial charge on any atom is 0.339 e. The van der Waals surface area contributed by atoms with Gasteiger partial charge in [-0.25, -0.2) is 4.79 Å². The first-order valence-corrected chi connectivity index (χ1v) is 8.13. The minimum atomic E-state index is -0.502. The summed E-state index contributed by atoms with van der Waals surface area (Å²) in [6.07, 6.45) is 0.956. The number of fused-ring (bicyclic) bond motifs is 1. The van der Waals surface area contributed by atoms with E-state index in [1.165, 1.54) is 5.56 Å². The Balaban J connectivity index is 1.70. The summed E-state index contributed by atoms with van der Waals surface area (Å²) in [6, 6.07) is 14.2. The Morgan fingerprint density at radius 1 is 1.12 bits per heavy atom. The van der Waals surface area contributed by atoms with Crippen LogP contribution < -0.4 is 5.56 Å². The summed E-state index contributed by atoms with van der Waals surface area (Å²) < 4.78 is 6.22. The van der Waals surface area contributed by atoms with Gasteiger partial charge in [0.25, 0.3) is 5.56 Å². The van der Waals surface area contributed by atoms with E-state index >= 15 is 0 Å². The number of hydrogen-bond acceptors (Lipinski definition) is 5. The van der Waals surface area contributed by atoms with E-state index in [1.807, 2.05) is 12.1 Å². The van der Waals surface area contributed by atoms with Gasteiger partial charge in [-0.3, -0.25) is 4.79 Å². The van der Waals surface area contributed by atoms with Crippen molar-refractivity contribution in [1.29, 1.82) is 0 Å². The first-order valence-electron chi connectivity index (χ1n) is 8.13. The van der Waals surface area contributed by atoms with Crippen molar-refractivity contribution in [2.24, 2.45) is 5.92 Å². The zero-order valence-corrected chi connectivity index (χ0v) is 14.2. The van der Waals surface area contributed by atoms with Gasteiger partial charge in [0.2, 0.25) is 0 Å². The van der Waals surface area contributed by atoms with Gasteiger partial charge in [0.15, 0.2) is 6.73 Å². The standard InChI is InChI=1S/C19H19N3O3/c1-13(2)11-14-7-9-15(10-8-14)19(24)25-12-22-18(23)16-5-3-4-6-17(16)20-21-22/h3-10,13H,11-12H2,1-2H3. The van der Waals surface area contributed by atoms with E-state index in [0.29, 0.717) is 22.4 Å². The van der Waals surface area contributed by atoms with Crippen LogP contribution in [-0.4, -0.2) is 21.0 Å². The Hall–Kier alpha value is -3.02. The number of esters is 1. The topological polar surface area (TPSA) is 74.1 Å². The minimum absolute atomic E-state index is 0.275. The van der Waals surface area contributed by atoms with Gasteiger partial charge < -0.3 is 4.74 Å². The molecule has 0 N–H and O–H groups in total. The average Bonchev–Trinajstić information content (AvgIpc) is 2.61. The van der Waals surface area contributed by atoms with Gasteiger partial charge >= 0.3 is 5.97 Å². The van der Waals surface area contributed by atoms with Crippen molar-refractivity contribution in [2.75, 3.05) is 0 Å². The fourth-order valence-electron chi connectivity index (χ4n) is 2.56. The van der Waals surface area contributed by atoms with Crippen LogP contribution in [0.2, 0.25) is 0 Å². The SMILES string of the molecule is CC(C)Cc1ccc(C(=O)OCn2nnc3ccccc3c2=O)cc1. The molecular weight excluding hydrogens is 318 g/mol. The molecule has 0 aliphatic rings. The summed E-state index contributed by atoms with van der Waals surface area (Å²) in [5.74, 6) is 0.0501. The van der Waals surface area contributed by atoms with Gasteiger partial charge in [0.05, 0.1) is 10.9 Å². The van der Waals surface area contributed by atoms with Crippen LogP contribution in [0.1, 0.15) is 29.8 Å². The third kappa shape index (κ3) is 3.91. The van der Waals surface area contributed by atoms with Crippen molar-refractivity contribution >= 4 is 16.9 Å². The summed E-state index contributed by atoms with van der Waals surface area (Å²) in [4.78, 5) is 24.4. The Morgan fingerprint density at radius 3 is 2.56 bits per heavy atom. The molecule has 0 aliphatic heterocycles. The molecule has 6 nitrogen and oxygen atoms in total. The van der Waals surface area contributed by atoms with Crippen LogP contribution in [0.15, 0.2) is 53.3 Å². The molecule has 3 rings (SSSR count). The molecule has 0 atom stereocenters. The number of hydrogen-bond donors (Lipinski definition) is 0. The van der Waals surface area contributed by atoms with Gasteiger partial charge in [0, 0.05) is 0 Å². The molecule has 0 bridgehead atoms. The van der Waals surface area contributed by atoms with Crippen LogP contribution in [0.25, 0.3) is 10.9 Å². The molecule has 1 aromatic heterocycles. The smallest absolute Gasteiger partial charge is 0.339 e. The van der Waals surface area contributed by atoms with E-state index in [1.54, 1.807) is 36.4 Å². The normalized spacial score (nSPS) is 11.0. The number of aromatic nitrogens is 3. The zero-order chi connectivity index (χ0) is 17.8. The second kappa shape index (κ2) is 7.25. The first-order chi connectivity index (χ1) is 12.0. The quantitative estimate of drug-likeness (QED) is 0.669. The van der Waals surface area contributed by atoms with Crippen molar-refractivity contribution < 1.29 is 9.53 Å². The number of carbonyl (C=O) groups excluding carboxylic acids is 1. The number of ether oxygens (including phenoxy) is 1. The van der Waals surface area contributed by atoms with Crippen LogP contribution in [0, 0.1) is 5.92 Å². The molecule has 0 aliphatic carbocycles. The maximum atomic E-state index is 12.3. The lowest BCUT2D eigenvalue weighted by Crippen LogP contribution is -2.26. The van der Waals surface area contributed by atoms with Crippen molar-refractivity contribution in [2.45, 2.75) is 27.0 Å². The molecule has 2 aromatic carbocycles. The molecular formula is C19H19N3O3. The summed E-state index contributed by atoms with van der Waals surface area (Å²) in [5, 5.41) is 8.19. The highest BCUT2D eigenvalue weighted by atomic mass is 16.5. The van der Waals surface area contributed by atoms with Crippen LogP contribution in [0.4, 0.5) is 0 Å².